The van der Waals surface area contributed by atoms with Crippen molar-refractivity contribution in [3.05, 3.63) is 34.3 Å². The highest BCUT2D eigenvalue weighted by atomic mass is 32.1. The molecule has 98 valence electrons. The minimum atomic E-state index is -0.397. The predicted molar refractivity (Wildman–Crippen MR) is 70.7 cm³/mol. The smallest absolute Gasteiger partial charge is 0.222 e. The molecule has 19 heavy (non-hydrogen) atoms. The Morgan fingerprint density at radius 3 is 3.11 bits per heavy atom. The molecule has 0 aromatic carbocycles. The lowest BCUT2D eigenvalue weighted by Crippen LogP contribution is -2.17. The summed E-state index contributed by atoms with van der Waals surface area (Å²) in [5, 5.41) is 10.3. The monoisotopic (exact) mass is 275 g/mol. The van der Waals surface area contributed by atoms with Gasteiger partial charge in [-0.2, -0.15) is 0 Å². The number of nitrogens with one attached hydrogen (secondary N) is 1. The first kappa shape index (κ1) is 11.1. The average molecular weight is 275 g/mol. The van der Waals surface area contributed by atoms with E-state index in [-0.39, 0.29) is 0 Å². The van der Waals surface area contributed by atoms with E-state index in [9.17, 15) is 0 Å². The van der Waals surface area contributed by atoms with Crippen molar-refractivity contribution >= 4 is 17.2 Å². The van der Waals surface area contributed by atoms with Gasteiger partial charge in [-0.3, -0.25) is 0 Å². The molecule has 0 spiro atoms. The van der Waals surface area contributed by atoms with Crippen LogP contribution in [0.15, 0.2) is 28.7 Å². The molecule has 1 aliphatic heterocycles. The molecule has 1 atom stereocenters. The third kappa shape index (κ3) is 1.95. The number of thiophene rings is 1. The lowest BCUT2D eigenvalue weighted by molar-refractivity contribution is 0.0350. The zero-order chi connectivity index (χ0) is 12.7. The van der Waals surface area contributed by atoms with E-state index in [0.717, 1.165) is 16.4 Å². The number of aliphatic imine (C=N–C) groups is 1. The normalized spacial score (nSPS) is 22.9. The lowest BCUT2D eigenvalue weighted by Gasteiger charge is -2.24. The van der Waals surface area contributed by atoms with E-state index >= 15 is 0 Å². The number of nitrogens with zero attached hydrogens (tertiary/aromatic N) is 4. The molecule has 6 nitrogen and oxygen atoms in total. The minimum Gasteiger partial charge on any atom is -0.249 e. The van der Waals surface area contributed by atoms with E-state index in [1.807, 2.05) is 28.4 Å². The van der Waals surface area contributed by atoms with Crippen molar-refractivity contribution in [3.8, 4) is 0 Å². The third-order valence-electron chi connectivity index (χ3n) is 3.50. The second-order valence-corrected chi connectivity index (χ2v) is 5.68. The highest BCUT2D eigenvalue weighted by Crippen LogP contribution is 2.31. The van der Waals surface area contributed by atoms with Crippen LogP contribution in [0, 0.1) is 0 Å². The van der Waals surface area contributed by atoms with Crippen molar-refractivity contribution in [1.82, 2.24) is 20.5 Å². The fourth-order valence-corrected chi connectivity index (χ4v) is 2.84. The van der Waals surface area contributed by atoms with Crippen molar-refractivity contribution in [3.63, 3.8) is 0 Å². The van der Waals surface area contributed by atoms with Crippen LogP contribution >= 0.6 is 11.3 Å². The largest absolute Gasteiger partial charge is 0.249 e. The van der Waals surface area contributed by atoms with E-state index in [0.29, 0.717) is 6.04 Å². The van der Waals surface area contributed by atoms with Gasteiger partial charge in [-0.25, -0.2) is 20.0 Å². The van der Waals surface area contributed by atoms with E-state index < -0.39 is 6.23 Å². The Labute approximate surface area is 114 Å². The molecule has 7 heteroatoms. The minimum absolute atomic E-state index is 0.397. The van der Waals surface area contributed by atoms with Gasteiger partial charge in [0.15, 0.2) is 5.84 Å². The van der Waals surface area contributed by atoms with Gasteiger partial charge >= 0.3 is 0 Å². The summed E-state index contributed by atoms with van der Waals surface area (Å²) >= 11 is 1.63. The van der Waals surface area contributed by atoms with E-state index in [2.05, 4.69) is 20.8 Å². The molecule has 2 aromatic heterocycles. The van der Waals surface area contributed by atoms with Crippen molar-refractivity contribution in [2.45, 2.75) is 31.5 Å². The molecule has 3 heterocycles. The predicted octanol–water partition coefficient (Wildman–Crippen LogP) is 2.04. The van der Waals surface area contributed by atoms with Gasteiger partial charge in [0, 0.05) is 0 Å². The zero-order valence-electron chi connectivity index (χ0n) is 10.2. The summed E-state index contributed by atoms with van der Waals surface area (Å²) in [4.78, 5) is 11.0. The molecule has 1 saturated carbocycles. The van der Waals surface area contributed by atoms with Crippen molar-refractivity contribution in [2.24, 2.45) is 4.99 Å². The summed E-state index contributed by atoms with van der Waals surface area (Å²) in [6, 6.07) is 4.51. The first-order valence-corrected chi connectivity index (χ1v) is 7.23. The zero-order valence-corrected chi connectivity index (χ0v) is 11.0. The number of amidine groups is 1. The van der Waals surface area contributed by atoms with Gasteiger partial charge < -0.3 is 0 Å². The molecule has 1 N–H and O–H groups in total. The molecule has 0 amide bonds. The highest BCUT2D eigenvalue weighted by Gasteiger charge is 2.26. The molecule has 2 aromatic rings. The van der Waals surface area contributed by atoms with Crippen LogP contribution in [0.4, 0.5) is 0 Å². The van der Waals surface area contributed by atoms with Gasteiger partial charge in [0.1, 0.15) is 5.69 Å². The molecular weight excluding hydrogens is 262 g/mol. The average Bonchev–Trinajstić information content (AvgIpc) is 3.08. The van der Waals surface area contributed by atoms with Crippen molar-refractivity contribution in [1.29, 1.82) is 0 Å². The van der Waals surface area contributed by atoms with Gasteiger partial charge in [0.05, 0.1) is 17.1 Å². The summed E-state index contributed by atoms with van der Waals surface area (Å²) in [5.41, 5.74) is 3.61. The molecule has 1 aliphatic carbocycles. The molecule has 1 fully saturated rings. The molecular formula is C12H13N5OS. The number of aromatic nitrogens is 3. The summed E-state index contributed by atoms with van der Waals surface area (Å²) < 4.78 is 1.93. The van der Waals surface area contributed by atoms with Crippen LogP contribution in [0.2, 0.25) is 0 Å². The fraction of sp³-hybridized carbons (Fsp3) is 0.417. The number of rotatable bonds is 3. The van der Waals surface area contributed by atoms with Crippen LogP contribution in [0.25, 0.3) is 0 Å². The van der Waals surface area contributed by atoms with Crippen molar-refractivity contribution < 1.29 is 4.84 Å². The van der Waals surface area contributed by atoms with Crippen LogP contribution in [0.5, 0.6) is 0 Å². The molecule has 2 aliphatic rings. The van der Waals surface area contributed by atoms with Crippen LogP contribution in [-0.2, 0) is 4.84 Å². The summed E-state index contributed by atoms with van der Waals surface area (Å²) in [6.07, 6.45) is 5.21. The second kappa shape index (κ2) is 4.43. The summed E-state index contributed by atoms with van der Waals surface area (Å²) in [5.74, 6) is 0.762. The van der Waals surface area contributed by atoms with Crippen LogP contribution < -0.4 is 5.48 Å². The Hall–Kier alpha value is -1.73. The molecule has 0 saturated heterocycles. The van der Waals surface area contributed by atoms with Gasteiger partial charge in [-0.05, 0) is 30.7 Å². The van der Waals surface area contributed by atoms with Gasteiger partial charge in [-0.15, -0.1) is 16.4 Å². The third-order valence-corrected chi connectivity index (χ3v) is 4.37. The Morgan fingerprint density at radius 1 is 1.42 bits per heavy atom. The number of hydrogen-bond donors (Lipinski definition) is 1. The maximum atomic E-state index is 5.46. The quantitative estimate of drug-likeness (QED) is 0.931. The molecule has 0 unspecified atom stereocenters. The maximum absolute atomic E-state index is 5.46. The van der Waals surface area contributed by atoms with Gasteiger partial charge in [-0.1, -0.05) is 11.3 Å². The number of hydroxylamine groups is 1. The number of hydrogen-bond acceptors (Lipinski definition) is 6. The van der Waals surface area contributed by atoms with E-state index in [1.54, 1.807) is 11.3 Å². The second-order valence-electron chi connectivity index (χ2n) is 4.74. The maximum Gasteiger partial charge on any atom is 0.222 e. The lowest BCUT2D eigenvalue weighted by atomic mass is 9.93. The molecule has 4 rings (SSSR count). The van der Waals surface area contributed by atoms with E-state index in [1.165, 1.54) is 19.3 Å². The Kier molecular flexibility index (Phi) is 2.59. The Balaban J connectivity index is 1.55. The topological polar surface area (TPSA) is 64.3 Å². The highest BCUT2D eigenvalue weighted by molar-refractivity contribution is 7.12. The Morgan fingerprint density at radius 2 is 2.37 bits per heavy atom. The van der Waals surface area contributed by atoms with Gasteiger partial charge in [0.2, 0.25) is 6.23 Å². The SMILES string of the molecule is c1csc(C2=N[C@@H](c3cn(C4CCC4)nn3)ON2)c1. The summed E-state index contributed by atoms with van der Waals surface area (Å²) in [6.45, 7) is 0. The standard InChI is InChI=1S/C12H13N5OS/c1-3-8(4-1)17-7-9(14-16-17)12-13-11(15-18-12)10-5-2-6-19-10/h2,5-8,12H,1,3-4H2,(H,13,15)/t12-/m1/s1. The van der Waals surface area contributed by atoms with Crippen LogP contribution in [0.3, 0.4) is 0 Å². The first-order valence-electron chi connectivity index (χ1n) is 6.35. The molecule has 0 bridgehead atoms. The molecule has 0 radical (unpaired) electrons. The van der Waals surface area contributed by atoms with Gasteiger partial charge in [0.25, 0.3) is 0 Å². The van der Waals surface area contributed by atoms with E-state index in [4.69, 9.17) is 4.84 Å². The first-order chi connectivity index (χ1) is 9.40. The summed E-state index contributed by atoms with van der Waals surface area (Å²) in [7, 11) is 0. The fourth-order valence-electron chi connectivity index (χ4n) is 2.17. The van der Waals surface area contributed by atoms with Crippen molar-refractivity contribution in [2.75, 3.05) is 0 Å². The van der Waals surface area contributed by atoms with Crippen LogP contribution in [-0.4, -0.2) is 20.8 Å². The van der Waals surface area contributed by atoms with Crippen LogP contribution in [0.1, 0.15) is 42.1 Å². The Bertz CT molecular complexity index is 601.